The molecule has 1 heterocycles. The SMILES string of the molecule is N=C(N)C1=CCOC=C1. The Balaban J connectivity index is 2.69. The van der Waals surface area contributed by atoms with Crippen molar-refractivity contribution < 1.29 is 4.74 Å². The summed E-state index contributed by atoms with van der Waals surface area (Å²) in [4.78, 5) is 0. The monoisotopic (exact) mass is 124 g/mol. The van der Waals surface area contributed by atoms with E-state index in [0.29, 0.717) is 6.61 Å². The van der Waals surface area contributed by atoms with Crippen LogP contribution in [0.3, 0.4) is 0 Å². The minimum atomic E-state index is 0.0922. The number of hydrogen-bond donors (Lipinski definition) is 2. The summed E-state index contributed by atoms with van der Waals surface area (Å²) in [6, 6.07) is 0. The molecule has 0 saturated carbocycles. The van der Waals surface area contributed by atoms with Crippen molar-refractivity contribution in [2.45, 2.75) is 0 Å². The molecule has 0 unspecified atom stereocenters. The maximum atomic E-state index is 6.99. The van der Waals surface area contributed by atoms with Gasteiger partial charge in [-0.25, -0.2) is 0 Å². The van der Waals surface area contributed by atoms with Crippen molar-refractivity contribution in [1.29, 1.82) is 5.41 Å². The summed E-state index contributed by atoms with van der Waals surface area (Å²) >= 11 is 0. The Morgan fingerprint density at radius 2 is 2.56 bits per heavy atom. The molecular formula is C6H8N2O. The molecule has 0 bridgehead atoms. The third-order valence-electron chi connectivity index (χ3n) is 1.05. The lowest BCUT2D eigenvalue weighted by molar-refractivity contribution is 0.285. The Morgan fingerprint density at radius 3 is 2.89 bits per heavy atom. The molecule has 0 atom stereocenters. The molecule has 0 saturated heterocycles. The van der Waals surface area contributed by atoms with E-state index in [1.807, 2.05) is 0 Å². The second-order valence-electron chi connectivity index (χ2n) is 1.71. The fourth-order valence-electron chi connectivity index (χ4n) is 0.583. The number of amidine groups is 1. The highest BCUT2D eigenvalue weighted by Gasteiger charge is 1.98. The van der Waals surface area contributed by atoms with Crippen LogP contribution in [0.5, 0.6) is 0 Å². The number of ether oxygens (including phenoxy) is 1. The molecular weight excluding hydrogens is 116 g/mol. The molecule has 3 nitrogen and oxygen atoms in total. The first-order valence-electron chi connectivity index (χ1n) is 2.63. The van der Waals surface area contributed by atoms with E-state index >= 15 is 0 Å². The molecule has 0 aromatic heterocycles. The summed E-state index contributed by atoms with van der Waals surface area (Å²) in [5.74, 6) is 0.0922. The van der Waals surface area contributed by atoms with Gasteiger partial charge in [0, 0.05) is 5.57 Å². The number of hydrogen-bond acceptors (Lipinski definition) is 2. The predicted octanol–water partition coefficient (Wildman–Crippen LogP) is 0.393. The van der Waals surface area contributed by atoms with Crippen LogP contribution in [0.25, 0.3) is 0 Å². The van der Waals surface area contributed by atoms with Gasteiger partial charge in [0.25, 0.3) is 0 Å². The second-order valence-corrected chi connectivity index (χ2v) is 1.71. The summed E-state index contributed by atoms with van der Waals surface area (Å²) in [6.45, 7) is 0.519. The highest BCUT2D eigenvalue weighted by Crippen LogP contribution is 2.01. The first-order chi connectivity index (χ1) is 4.30. The predicted molar refractivity (Wildman–Crippen MR) is 35.1 cm³/mol. The van der Waals surface area contributed by atoms with E-state index < -0.39 is 0 Å². The highest BCUT2D eigenvalue weighted by molar-refractivity contribution is 5.97. The molecule has 0 aliphatic carbocycles. The van der Waals surface area contributed by atoms with Crippen molar-refractivity contribution in [3.05, 3.63) is 24.0 Å². The molecule has 3 N–H and O–H groups in total. The molecule has 0 aromatic rings. The largest absolute Gasteiger partial charge is 0.497 e. The van der Waals surface area contributed by atoms with Gasteiger partial charge in [0.2, 0.25) is 0 Å². The van der Waals surface area contributed by atoms with Gasteiger partial charge in [-0.1, -0.05) is 0 Å². The van der Waals surface area contributed by atoms with Crippen molar-refractivity contribution in [2.24, 2.45) is 5.73 Å². The van der Waals surface area contributed by atoms with E-state index in [-0.39, 0.29) is 5.84 Å². The van der Waals surface area contributed by atoms with Crippen molar-refractivity contribution in [1.82, 2.24) is 0 Å². The number of nitrogens with one attached hydrogen (secondary N) is 1. The van der Waals surface area contributed by atoms with Crippen LogP contribution in [-0.4, -0.2) is 12.4 Å². The normalized spacial score (nSPS) is 16.2. The van der Waals surface area contributed by atoms with Crippen molar-refractivity contribution in [2.75, 3.05) is 6.61 Å². The molecule has 0 aromatic carbocycles. The summed E-state index contributed by atoms with van der Waals surface area (Å²) in [7, 11) is 0. The second kappa shape index (κ2) is 2.35. The average molecular weight is 124 g/mol. The molecule has 1 rings (SSSR count). The van der Waals surface area contributed by atoms with Gasteiger partial charge >= 0.3 is 0 Å². The van der Waals surface area contributed by atoms with Crippen LogP contribution in [0.2, 0.25) is 0 Å². The highest BCUT2D eigenvalue weighted by atomic mass is 16.5. The minimum Gasteiger partial charge on any atom is -0.497 e. The molecule has 9 heavy (non-hydrogen) atoms. The van der Waals surface area contributed by atoms with Gasteiger partial charge in [-0.05, 0) is 12.2 Å². The zero-order chi connectivity index (χ0) is 6.69. The van der Waals surface area contributed by atoms with E-state index in [1.165, 1.54) is 6.26 Å². The number of nitrogens with two attached hydrogens (primary N) is 1. The molecule has 3 heteroatoms. The van der Waals surface area contributed by atoms with Crippen LogP contribution >= 0.6 is 0 Å². The fraction of sp³-hybridized carbons (Fsp3) is 0.167. The van der Waals surface area contributed by atoms with E-state index in [0.717, 1.165) is 5.57 Å². The molecule has 0 spiro atoms. The smallest absolute Gasteiger partial charge is 0.122 e. The van der Waals surface area contributed by atoms with E-state index in [4.69, 9.17) is 15.9 Å². The van der Waals surface area contributed by atoms with Crippen molar-refractivity contribution in [3.8, 4) is 0 Å². The Bertz CT molecular complexity index is 181. The van der Waals surface area contributed by atoms with Gasteiger partial charge in [-0.3, -0.25) is 5.41 Å². The standard InChI is InChI=1S/C6H8N2O/c7-6(8)5-1-3-9-4-2-5/h1-3H,4H2,(H3,7,8). The van der Waals surface area contributed by atoms with Crippen LogP contribution in [-0.2, 0) is 4.74 Å². The van der Waals surface area contributed by atoms with E-state index in [9.17, 15) is 0 Å². The molecule has 0 amide bonds. The van der Waals surface area contributed by atoms with Gasteiger partial charge < -0.3 is 10.5 Å². The third kappa shape index (κ3) is 1.32. The minimum absolute atomic E-state index is 0.0922. The van der Waals surface area contributed by atoms with Gasteiger partial charge in [0.15, 0.2) is 0 Å². The summed E-state index contributed by atoms with van der Waals surface area (Å²) < 4.78 is 4.84. The molecule has 0 radical (unpaired) electrons. The van der Waals surface area contributed by atoms with Gasteiger partial charge in [0.1, 0.15) is 12.4 Å². The maximum absolute atomic E-state index is 6.99. The van der Waals surface area contributed by atoms with Crippen molar-refractivity contribution in [3.63, 3.8) is 0 Å². The first kappa shape index (κ1) is 5.88. The van der Waals surface area contributed by atoms with Crippen LogP contribution in [0.1, 0.15) is 0 Å². The number of rotatable bonds is 1. The fourth-order valence-corrected chi connectivity index (χ4v) is 0.583. The van der Waals surface area contributed by atoms with E-state index in [2.05, 4.69) is 0 Å². The summed E-state index contributed by atoms with van der Waals surface area (Å²) in [5.41, 5.74) is 5.91. The third-order valence-corrected chi connectivity index (χ3v) is 1.05. The molecule has 1 aliphatic rings. The molecule has 1 aliphatic heterocycles. The first-order valence-corrected chi connectivity index (χ1v) is 2.63. The quantitative estimate of drug-likeness (QED) is 0.392. The van der Waals surface area contributed by atoms with Gasteiger partial charge in [-0.15, -0.1) is 0 Å². The zero-order valence-corrected chi connectivity index (χ0v) is 4.92. The molecule has 0 fully saturated rings. The topological polar surface area (TPSA) is 59.1 Å². The van der Waals surface area contributed by atoms with Crippen LogP contribution in [0, 0.1) is 5.41 Å². The van der Waals surface area contributed by atoms with Crippen molar-refractivity contribution >= 4 is 5.84 Å². The Morgan fingerprint density at radius 1 is 1.78 bits per heavy atom. The Hall–Kier alpha value is -1.25. The molecule has 48 valence electrons. The van der Waals surface area contributed by atoms with Gasteiger partial charge in [0.05, 0.1) is 6.26 Å². The summed E-state index contributed by atoms with van der Waals surface area (Å²) in [6.07, 6.45) is 4.98. The average Bonchev–Trinajstić information content (AvgIpc) is 1.90. The zero-order valence-electron chi connectivity index (χ0n) is 4.92. The lowest BCUT2D eigenvalue weighted by Gasteiger charge is -2.04. The van der Waals surface area contributed by atoms with Crippen LogP contribution in [0.15, 0.2) is 24.0 Å². The lowest BCUT2D eigenvalue weighted by Crippen LogP contribution is -2.13. The van der Waals surface area contributed by atoms with Crippen LogP contribution in [0.4, 0.5) is 0 Å². The lowest BCUT2D eigenvalue weighted by atomic mass is 10.2. The van der Waals surface area contributed by atoms with E-state index in [1.54, 1.807) is 12.2 Å². The summed E-state index contributed by atoms with van der Waals surface area (Å²) in [5, 5.41) is 6.99. The van der Waals surface area contributed by atoms with Crippen LogP contribution < -0.4 is 5.73 Å². The Kier molecular flexibility index (Phi) is 1.53. The Labute approximate surface area is 53.3 Å². The van der Waals surface area contributed by atoms with Gasteiger partial charge in [-0.2, -0.15) is 0 Å². The maximum Gasteiger partial charge on any atom is 0.122 e.